The van der Waals surface area contributed by atoms with E-state index in [2.05, 4.69) is 20.7 Å². The van der Waals surface area contributed by atoms with E-state index in [-0.39, 0.29) is 10.8 Å². The van der Waals surface area contributed by atoms with Crippen molar-refractivity contribution >= 4 is 39.9 Å². The van der Waals surface area contributed by atoms with Crippen LogP contribution < -0.4 is 5.43 Å². The number of carbonyl (C=O) groups is 1. The molecule has 1 heterocycles. The Labute approximate surface area is 200 Å². The molecule has 0 unspecified atom stereocenters. The van der Waals surface area contributed by atoms with E-state index >= 15 is 0 Å². The predicted octanol–water partition coefficient (Wildman–Crippen LogP) is 5.11. The summed E-state index contributed by atoms with van der Waals surface area (Å²) < 4.78 is 1.72. The fourth-order valence-corrected chi connectivity index (χ4v) is 4.01. The molecule has 0 spiro atoms. The van der Waals surface area contributed by atoms with E-state index in [1.54, 1.807) is 22.8 Å². The number of para-hydroxylation sites is 2. The summed E-state index contributed by atoms with van der Waals surface area (Å²) in [6.45, 7) is 1.42. The standard InChI is InChI=1S/C24H20ClN5O2S/c1-16(31)23(28-26-20-15-9-8-14-19(20)25)33-24-29-27-22(21(32)17-10-4-2-5-11-17)30(24)18-12-6-3-7-13-18/h2-15,21,26,32H,1H3/b28-23+/t21-/m0/s1. The van der Waals surface area contributed by atoms with Crippen molar-refractivity contribution in [3.63, 3.8) is 0 Å². The third-order valence-corrected chi connectivity index (χ3v) is 6.02. The molecule has 0 fully saturated rings. The molecule has 166 valence electrons. The molecule has 0 amide bonds. The molecule has 1 atom stereocenters. The minimum absolute atomic E-state index is 0.167. The lowest BCUT2D eigenvalue weighted by Gasteiger charge is -2.14. The van der Waals surface area contributed by atoms with Crippen LogP contribution in [0.5, 0.6) is 0 Å². The first-order valence-electron chi connectivity index (χ1n) is 10.1. The number of rotatable bonds is 7. The number of nitrogens with one attached hydrogen (secondary N) is 1. The molecular weight excluding hydrogens is 458 g/mol. The van der Waals surface area contributed by atoms with Crippen LogP contribution in [-0.2, 0) is 4.79 Å². The van der Waals surface area contributed by atoms with Gasteiger partial charge in [-0.05, 0) is 41.6 Å². The number of aliphatic hydroxyl groups excluding tert-OH is 1. The van der Waals surface area contributed by atoms with Gasteiger partial charge in [0.1, 0.15) is 6.10 Å². The number of aromatic nitrogens is 3. The molecule has 3 aromatic carbocycles. The largest absolute Gasteiger partial charge is 0.380 e. The molecule has 0 saturated carbocycles. The van der Waals surface area contributed by atoms with E-state index < -0.39 is 6.10 Å². The Morgan fingerprint density at radius 2 is 1.64 bits per heavy atom. The fourth-order valence-electron chi connectivity index (χ4n) is 3.05. The summed E-state index contributed by atoms with van der Waals surface area (Å²) in [6, 6.07) is 25.7. The summed E-state index contributed by atoms with van der Waals surface area (Å²) in [5.74, 6) is 0.0733. The van der Waals surface area contributed by atoms with Crippen LogP contribution >= 0.6 is 23.4 Å². The monoisotopic (exact) mass is 477 g/mol. The number of halogens is 1. The minimum Gasteiger partial charge on any atom is -0.380 e. The van der Waals surface area contributed by atoms with Crippen LogP contribution in [0.4, 0.5) is 5.69 Å². The number of Topliss-reactive ketones (excluding diaryl/α,β-unsaturated/α-hetero) is 1. The molecule has 0 aliphatic carbocycles. The number of aliphatic hydroxyl groups is 1. The summed E-state index contributed by atoms with van der Waals surface area (Å²) in [7, 11) is 0. The highest BCUT2D eigenvalue weighted by atomic mass is 35.5. The van der Waals surface area contributed by atoms with Crippen LogP contribution in [0.15, 0.2) is 95.2 Å². The average molecular weight is 478 g/mol. The van der Waals surface area contributed by atoms with Crippen molar-refractivity contribution in [1.29, 1.82) is 0 Å². The summed E-state index contributed by atoms with van der Waals surface area (Å²) in [6.07, 6.45) is -1.01. The number of ketones is 1. The second-order valence-electron chi connectivity index (χ2n) is 6.99. The Morgan fingerprint density at radius 3 is 2.30 bits per heavy atom. The lowest BCUT2D eigenvalue weighted by atomic mass is 10.1. The summed E-state index contributed by atoms with van der Waals surface area (Å²) in [5, 5.41) is 24.8. The van der Waals surface area contributed by atoms with Crippen LogP contribution in [-0.4, -0.2) is 30.7 Å². The SMILES string of the molecule is CC(=O)/C(=N\Nc1ccccc1Cl)Sc1nnc([C@@H](O)c2ccccc2)n1-c1ccccc1. The molecular formula is C24H20ClN5O2S. The van der Waals surface area contributed by atoms with Crippen molar-refractivity contribution in [2.24, 2.45) is 5.10 Å². The highest BCUT2D eigenvalue weighted by molar-refractivity contribution is 8.15. The van der Waals surface area contributed by atoms with Gasteiger partial charge in [-0.1, -0.05) is 72.3 Å². The first-order valence-corrected chi connectivity index (χ1v) is 11.2. The maximum absolute atomic E-state index is 12.3. The van der Waals surface area contributed by atoms with Crippen LogP contribution in [0.2, 0.25) is 5.02 Å². The molecule has 0 saturated heterocycles. The van der Waals surface area contributed by atoms with Crippen LogP contribution in [0.1, 0.15) is 24.4 Å². The van der Waals surface area contributed by atoms with E-state index in [1.807, 2.05) is 66.7 Å². The lowest BCUT2D eigenvalue weighted by Crippen LogP contribution is -2.12. The molecule has 4 rings (SSSR count). The summed E-state index contributed by atoms with van der Waals surface area (Å²) >= 11 is 7.22. The van der Waals surface area contributed by atoms with Gasteiger partial charge in [-0.25, -0.2) is 0 Å². The molecule has 33 heavy (non-hydrogen) atoms. The number of hydrogen-bond acceptors (Lipinski definition) is 7. The average Bonchev–Trinajstić information content (AvgIpc) is 3.26. The molecule has 0 aliphatic rings. The molecule has 0 radical (unpaired) electrons. The quantitative estimate of drug-likeness (QED) is 0.166. The topological polar surface area (TPSA) is 92.4 Å². The van der Waals surface area contributed by atoms with Gasteiger partial charge in [0, 0.05) is 12.6 Å². The zero-order chi connectivity index (χ0) is 23.2. The van der Waals surface area contributed by atoms with Crippen molar-refractivity contribution in [3.05, 3.63) is 101 Å². The molecule has 9 heteroatoms. The van der Waals surface area contributed by atoms with E-state index in [0.29, 0.717) is 27.3 Å². The van der Waals surface area contributed by atoms with Gasteiger partial charge in [0.25, 0.3) is 0 Å². The van der Waals surface area contributed by atoms with Crippen molar-refractivity contribution < 1.29 is 9.90 Å². The molecule has 2 N–H and O–H groups in total. The number of thioether (sulfide) groups is 1. The highest BCUT2D eigenvalue weighted by Gasteiger charge is 2.24. The van der Waals surface area contributed by atoms with Crippen LogP contribution in [0, 0.1) is 0 Å². The van der Waals surface area contributed by atoms with Gasteiger partial charge in [-0.3, -0.25) is 14.8 Å². The first kappa shape index (κ1) is 22.7. The number of hydrogen-bond donors (Lipinski definition) is 2. The zero-order valence-corrected chi connectivity index (χ0v) is 19.2. The van der Waals surface area contributed by atoms with Gasteiger partial charge in [0.2, 0.25) is 5.16 Å². The zero-order valence-electron chi connectivity index (χ0n) is 17.6. The molecule has 0 aliphatic heterocycles. The third-order valence-electron chi connectivity index (χ3n) is 4.67. The normalized spacial score (nSPS) is 12.4. The number of benzene rings is 3. The first-order chi connectivity index (χ1) is 16.0. The summed E-state index contributed by atoms with van der Waals surface area (Å²) in [5.41, 5.74) is 4.84. The van der Waals surface area contributed by atoms with Gasteiger partial charge >= 0.3 is 0 Å². The van der Waals surface area contributed by atoms with E-state index in [4.69, 9.17) is 11.6 Å². The number of anilines is 1. The molecule has 0 bridgehead atoms. The Bertz CT molecular complexity index is 1280. The maximum atomic E-state index is 12.3. The van der Waals surface area contributed by atoms with Gasteiger partial charge in [0.15, 0.2) is 16.7 Å². The number of nitrogens with zero attached hydrogens (tertiary/aromatic N) is 4. The van der Waals surface area contributed by atoms with Crippen molar-refractivity contribution in [2.75, 3.05) is 5.43 Å². The Morgan fingerprint density at radius 1 is 1.00 bits per heavy atom. The Balaban J connectivity index is 1.72. The van der Waals surface area contributed by atoms with Crippen molar-refractivity contribution in [3.8, 4) is 5.69 Å². The second kappa shape index (κ2) is 10.4. The highest BCUT2D eigenvalue weighted by Crippen LogP contribution is 2.29. The van der Waals surface area contributed by atoms with Crippen LogP contribution in [0.3, 0.4) is 0 Å². The van der Waals surface area contributed by atoms with Gasteiger partial charge in [0.05, 0.1) is 10.7 Å². The van der Waals surface area contributed by atoms with E-state index in [9.17, 15) is 9.90 Å². The van der Waals surface area contributed by atoms with E-state index in [1.165, 1.54) is 6.92 Å². The Hall–Kier alpha value is -3.46. The molecule has 1 aromatic heterocycles. The molecule has 4 aromatic rings. The summed E-state index contributed by atoms with van der Waals surface area (Å²) in [4.78, 5) is 12.3. The molecule has 7 nitrogen and oxygen atoms in total. The van der Waals surface area contributed by atoms with Gasteiger partial charge < -0.3 is 5.11 Å². The Kier molecular flexibility index (Phi) is 7.19. The maximum Gasteiger partial charge on any atom is 0.202 e. The van der Waals surface area contributed by atoms with Crippen LogP contribution in [0.25, 0.3) is 5.69 Å². The minimum atomic E-state index is -1.01. The third kappa shape index (κ3) is 5.31. The predicted molar refractivity (Wildman–Crippen MR) is 131 cm³/mol. The number of carbonyl (C=O) groups excluding carboxylic acids is 1. The van der Waals surface area contributed by atoms with Gasteiger partial charge in [-0.15, -0.1) is 10.2 Å². The second-order valence-corrected chi connectivity index (χ2v) is 8.35. The fraction of sp³-hybridized carbons (Fsp3) is 0.0833. The smallest absolute Gasteiger partial charge is 0.202 e. The van der Waals surface area contributed by atoms with Crippen molar-refractivity contribution in [2.45, 2.75) is 18.2 Å². The number of hydrazone groups is 1. The lowest BCUT2D eigenvalue weighted by molar-refractivity contribution is -0.110. The van der Waals surface area contributed by atoms with E-state index in [0.717, 1.165) is 17.4 Å². The van der Waals surface area contributed by atoms with Gasteiger partial charge in [-0.2, -0.15) is 5.10 Å². The van der Waals surface area contributed by atoms with Crippen molar-refractivity contribution in [1.82, 2.24) is 14.8 Å².